The van der Waals surface area contributed by atoms with Crippen molar-refractivity contribution in [1.29, 1.82) is 0 Å². The molecule has 2 aliphatic rings. The Hall–Kier alpha value is -4.06. The molecule has 34 heavy (non-hydrogen) atoms. The van der Waals surface area contributed by atoms with Crippen LogP contribution in [0, 0.1) is 13.8 Å². The molecule has 3 aromatic carbocycles. The summed E-state index contributed by atoms with van der Waals surface area (Å²) in [5.74, 6) is 0.244. The smallest absolute Gasteiger partial charge is 0.282 e. The molecule has 0 spiro atoms. The minimum Gasteiger partial charge on any atom is -0.497 e. The Morgan fingerprint density at radius 3 is 2.32 bits per heavy atom. The fourth-order valence-corrected chi connectivity index (χ4v) is 4.68. The number of fused-ring (bicyclic) bond motifs is 1. The monoisotopic (exact) mass is 454 g/mol. The number of para-hydroxylation sites is 1. The maximum Gasteiger partial charge on any atom is 0.282 e. The highest BCUT2D eigenvalue weighted by Crippen LogP contribution is 2.43. The van der Waals surface area contributed by atoms with E-state index in [-0.39, 0.29) is 11.8 Å². The van der Waals surface area contributed by atoms with Gasteiger partial charge in [0.2, 0.25) is 0 Å². The molecule has 0 bridgehead atoms. The van der Waals surface area contributed by atoms with Gasteiger partial charge in [0, 0.05) is 18.3 Å². The van der Waals surface area contributed by atoms with Crippen LogP contribution in [0.5, 0.6) is 11.5 Å². The molecule has 172 valence electrons. The lowest BCUT2D eigenvalue weighted by atomic mass is 9.99. The highest BCUT2D eigenvalue weighted by atomic mass is 16.5. The van der Waals surface area contributed by atoms with E-state index in [4.69, 9.17) is 9.47 Å². The quantitative estimate of drug-likeness (QED) is 0.525. The molecule has 2 heterocycles. The van der Waals surface area contributed by atoms with Crippen LogP contribution in [0.25, 0.3) is 5.57 Å². The second-order valence-electron chi connectivity index (χ2n) is 8.54. The third-order valence-electron chi connectivity index (χ3n) is 6.64. The molecule has 2 amide bonds. The van der Waals surface area contributed by atoms with Crippen molar-refractivity contribution in [2.45, 2.75) is 20.3 Å². The lowest BCUT2D eigenvalue weighted by Gasteiger charge is -2.22. The van der Waals surface area contributed by atoms with Gasteiger partial charge < -0.3 is 14.4 Å². The molecule has 6 heteroatoms. The van der Waals surface area contributed by atoms with Crippen molar-refractivity contribution in [2.75, 3.05) is 30.6 Å². The first-order valence-electron chi connectivity index (χ1n) is 11.2. The van der Waals surface area contributed by atoms with Crippen LogP contribution in [0.1, 0.15) is 22.3 Å². The van der Waals surface area contributed by atoms with Crippen molar-refractivity contribution in [1.82, 2.24) is 0 Å². The zero-order valence-electron chi connectivity index (χ0n) is 19.7. The number of amides is 2. The predicted octanol–water partition coefficient (Wildman–Crippen LogP) is 4.67. The highest BCUT2D eigenvalue weighted by Gasteiger charge is 2.45. The van der Waals surface area contributed by atoms with Gasteiger partial charge in [0.1, 0.15) is 17.2 Å². The number of imide groups is 1. The zero-order valence-corrected chi connectivity index (χ0v) is 19.7. The molecule has 2 aliphatic heterocycles. The average molecular weight is 455 g/mol. The van der Waals surface area contributed by atoms with Gasteiger partial charge in [-0.3, -0.25) is 9.59 Å². The summed E-state index contributed by atoms with van der Waals surface area (Å²) in [5, 5.41) is 0. The van der Waals surface area contributed by atoms with Crippen molar-refractivity contribution in [3.63, 3.8) is 0 Å². The minimum absolute atomic E-state index is 0.363. The Balaban J connectivity index is 1.70. The number of hydrogen-bond donors (Lipinski definition) is 0. The molecule has 0 fully saturated rings. The molecule has 0 aliphatic carbocycles. The van der Waals surface area contributed by atoms with E-state index in [1.54, 1.807) is 25.3 Å². The van der Waals surface area contributed by atoms with Gasteiger partial charge in [-0.05, 0) is 60.7 Å². The molecular formula is C28H26N2O4. The van der Waals surface area contributed by atoms with Crippen molar-refractivity contribution in [2.24, 2.45) is 0 Å². The number of aryl methyl sites for hydroxylation is 2. The van der Waals surface area contributed by atoms with E-state index in [9.17, 15) is 9.59 Å². The first-order valence-corrected chi connectivity index (χ1v) is 11.2. The fourth-order valence-electron chi connectivity index (χ4n) is 4.68. The molecule has 3 aromatic rings. The number of carbonyl (C=O) groups excluding carboxylic acids is 2. The largest absolute Gasteiger partial charge is 0.497 e. The maximum absolute atomic E-state index is 14.0. The van der Waals surface area contributed by atoms with Crippen LogP contribution in [-0.2, 0) is 16.0 Å². The molecule has 0 saturated heterocycles. The molecule has 0 saturated carbocycles. The Labute approximate surface area is 199 Å². The van der Waals surface area contributed by atoms with Crippen LogP contribution in [0.3, 0.4) is 0 Å². The van der Waals surface area contributed by atoms with E-state index in [2.05, 4.69) is 6.07 Å². The summed E-state index contributed by atoms with van der Waals surface area (Å²) >= 11 is 0. The molecular weight excluding hydrogens is 428 g/mol. The molecule has 5 rings (SSSR count). The Kier molecular flexibility index (Phi) is 5.36. The molecule has 0 N–H and O–H groups in total. The van der Waals surface area contributed by atoms with Crippen LogP contribution in [0.4, 0.5) is 11.4 Å². The van der Waals surface area contributed by atoms with Gasteiger partial charge in [0.15, 0.2) is 0 Å². The van der Waals surface area contributed by atoms with E-state index in [0.717, 1.165) is 34.4 Å². The average Bonchev–Trinajstić information content (AvgIpc) is 3.38. The lowest BCUT2D eigenvalue weighted by Crippen LogP contribution is -2.35. The first kappa shape index (κ1) is 21.8. The summed E-state index contributed by atoms with van der Waals surface area (Å²) in [6.45, 7) is 4.67. The second-order valence-corrected chi connectivity index (χ2v) is 8.54. The number of hydrogen-bond acceptors (Lipinski definition) is 5. The highest BCUT2D eigenvalue weighted by molar-refractivity contribution is 6.46. The van der Waals surface area contributed by atoms with Gasteiger partial charge in [-0.15, -0.1) is 0 Å². The van der Waals surface area contributed by atoms with Crippen molar-refractivity contribution in [3.05, 3.63) is 88.6 Å². The van der Waals surface area contributed by atoms with Crippen molar-refractivity contribution >= 4 is 28.8 Å². The third kappa shape index (κ3) is 3.34. The lowest BCUT2D eigenvalue weighted by molar-refractivity contribution is -0.120. The van der Waals surface area contributed by atoms with Crippen LogP contribution in [0.15, 0.2) is 66.4 Å². The summed E-state index contributed by atoms with van der Waals surface area (Å²) in [7, 11) is 3.07. The van der Waals surface area contributed by atoms with Crippen molar-refractivity contribution in [3.8, 4) is 11.5 Å². The summed E-state index contributed by atoms with van der Waals surface area (Å²) < 4.78 is 10.8. The summed E-state index contributed by atoms with van der Waals surface area (Å²) in [4.78, 5) is 31.1. The van der Waals surface area contributed by atoms with E-state index in [1.165, 1.54) is 12.0 Å². The number of rotatable bonds is 5. The van der Waals surface area contributed by atoms with Crippen LogP contribution >= 0.6 is 0 Å². The van der Waals surface area contributed by atoms with Crippen LogP contribution in [0.2, 0.25) is 0 Å². The second kappa shape index (κ2) is 8.37. The third-order valence-corrected chi connectivity index (χ3v) is 6.64. The van der Waals surface area contributed by atoms with Gasteiger partial charge in [-0.25, -0.2) is 4.90 Å². The standard InChI is InChI=1S/C28H26N2O4/c1-17-9-10-20(15-18(17)2)25-26(29-14-13-19-7-5-6-8-22(19)29)28(32)30(27(25)31)23-12-11-21(33-3)16-24(23)34-4/h5-12,15-16H,13-14H2,1-4H3. The Bertz CT molecular complexity index is 1360. The predicted molar refractivity (Wildman–Crippen MR) is 132 cm³/mol. The number of benzene rings is 3. The SMILES string of the molecule is COc1ccc(N2C(=O)C(c3ccc(C)c(C)c3)=C(N3CCc4ccccc43)C2=O)c(OC)c1. The fraction of sp³-hybridized carbons (Fsp3) is 0.214. The first-order chi connectivity index (χ1) is 16.4. The maximum atomic E-state index is 14.0. The number of methoxy groups -OCH3 is 2. The van der Waals surface area contributed by atoms with Crippen molar-refractivity contribution < 1.29 is 19.1 Å². The van der Waals surface area contributed by atoms with Gasteiger partial charge in [0.25, 0.3) is 11.8 Å². The van der Waals surface area contributed by atoms with E-state index in [1.807, 2.05) is 55.1 Å². The number of carbonyl (C=O) groups is 2. The minimum atomic E-state index is -0.365. The number of anilines is 2. The Morgan fingerprint density at radius 2 is 1.59 bits per heavy atom. The number of nitrogens with zero attached hydrogens (tertiary/aromatic N) is 2. The Morgan fingerprint density at radius 1 is 0.794 bits per heavy atom. The van der Waals surface area contributed by atoms with E-state index in [0.29, 0.717) is 35.0 Å². The van der Waals surface area contributed by atoms with Crippen LogP contribution in [-0.4, -0.2) is 32.6 Å². The summed E-state index contributed by atoms with van der Waals surface area (Å²) in [6, 6.07) is 19.0. The van der Waals surface area contributed by atoms with Gasteiger partial charge in [-0.2, -0.15) is 0 Å². The van der Waals surface area contributed by atoms with Gasteiger partial charge in [-0.1, -0.05) is 36.4 Å². The number of ether oxygens (including phenoxy) is 2. The molecule has 6 nitrogen and oxygen atoms in total. The molecule has 0 radical (unpaired) electrons. The van der Waals surface area contributed by atoms with E-state index < -0.39 is 0 Å². The normalized spacial score (nSPS) is 15.3. The van der Waals surface area contributed by atoms with E-state index >= 15 is 0 Å². The summed E-state index contributed by atoms with van der Waals surface area (Å²) in [5.41, 5.74) is 6.24. The summed E-state index contributed by atoms with van der Waals surface area (Å²) in [6.07, 6.45) is 0.813. The molecule has 0 aromatic heterocycles. The topological polar surface area (TPSA) is 59.1 Å². The molecule has 0 atom stereocenters. The zero-order chi connectivity index (χ0) is 24.0. The molecule has 0 unspecified atom stereocenters. The van der Waals surface area contributed by atoms with Gasteiger partial charge >= 0.3 is 0 Å². The van der Waals surface area contributed by atoms with Crippen LogP contribution < -0.4 is 19.3 Å². The van der Waals surface area contributed by atoms with Gasteiger partial charge in [0.05, 0.1) is 25.5 Å².